The third-order valence-electron chi connectivity index (χ3n) is 5.13. The van der Waals surface area contributed by atoms with Crippen molar-refractivity contribution in [2.24, 2.45) is 7.05 Å². The Kier molecular flexibility index (Phi) is 2.47. The molecule has 1 saturated carbocycles. The molecule has 2 aromatic rings. The minimum Gasteiger partial charge on any atom is -0.371 e. The van der Waals surface area contributed by atoms with Gasteiger partial charge in [-0.15, -0.1) is 0 Å². The number of benzene rings is 1. The normalized spacial score (nSPS) is 19.2. The summed E-state index contributed by atoms with van der Waals surface area (Å²) in [5.41, 5.74) is 6.01. The third-order valence-corrected chi connectivity index (χ3v) is 5.13. The SMILES string of the molecule is CCN1CC2(CCC2)c2cc(-c3cnn(C)c3)ccc21. The van der Waals surface area contributed by atoms with Gasteiger partial charge < -0.3 is 4.90 Å². The van der Waals surface area contributed by atoms with E-state index in [1.165, 1.54) is 42.6 Å². The summed E-state index contributed by atoms with van der Waals surface area (Å²) in [7, 11) is 1.98. The molecule has 0 amide bonds. The van der Waals surface area contributed by atoms with Crippen LogP contribution in [0.25, 0.3) is 11.1 Å². The van der Waals surface area contributed by atoms with Crippen molar-refractivity contribution in [1.29, 1.82) is 0 Å². The zero-order valence-corrected chi connectivity index (χ0v) is 12.3. The highest BCUT2D eigenvalue weighted by atomic mass is 15.2. The number of rotatable bonds is 2. The first kappa shape index (κ1) is 12.0. The highest BCUT2D eigenvalue weighted by Crippen LogP contribution is 2.53. The van der Waals surface area contributed by atoms with Crippen molar-refractivity contribution in [3.05, 3.63) is 36.2 Å². The average molecular weight is 267 g/mol. The fourth-order valence-electron chi connectivity index (χ4n) is 3.84. The van der Waals surface area contributed by atoms with E-state index < -0.39 is 0 Å². The van der Waals surface area contributed by atoms with Crippen LogP contribution in [0.5, 0.6) is 0 Å². The van der Waals surface area contributed by atoms with Gasteiger partial charge >= 0.3 is 0 Å². The number of hydrogen-bond acceptors (Lipinski definition) is 2. The maximum atomic E-state index is 4.29. The topological polar surface area (TPSA) is 21.1 Å². The Balaban J connectivity index is 1.82. The lowest BCUT2D eigenvalue weighted by Gasteiger charge is -2.39. The van der Waals surface area contributed by atoms with E-state index in [1.54, 1.807) is 5.56 Å². The van der Waals surface area contributed by atoms with Crippen LogP contribution in [0.1, 0.15) is 31.7 Å². The van der Waals surface area contributed by atoms with Gasteiger partial charge in [-0.05, 0) is 43.0 Å². The van der Waals surface area contributed by atoms with E-state index in [2.05, 4.69) is 41.3 Å². The summed E-state index contributed by atoms with van der Waals surface area (Å²) in [6.45, 7) is 4.59. The first-order valence-corrected chi connectivity index (χ1v) is 7.60. The van der Waals surface area contributed by atoms with Crippen molar-refractivity contribution >= 4 is 5.69 Å². The first-order valence-electron chi connectivity index (χ1n) is 7.60. The van der Waals surface area contributed by atoms with Crippen molar-refractivity contribution in [1.82, 2.24) is 9.78 Å². The highest BCUT2D eigenvalue weighted by Gasteiger charge is 2.46. The van der Waals surface area contributed by atoms with Crippen LogP contribution in [-0.2, 0) is 12.5 Å². The van der Waals surface area contributed by atoms with E-state index in [0.717, 1.165) is 6.54 Å². The van der Waals surface area contributed by atoms with Crippen LogP contribution >= 0.6 is 0 Å². The fourth-order valence-corrected chi connectivity index (χ4v) is 3.84. The van der Waals surface area contributed by atoms with Gasteiger partial charge in [0.2, 0.25) is 0 Å². The number of aromatic nitrogens is 2. The second-order valence-corrected chi connectivity index (χ2v) is 6.28. The van der Waals surface area contributed by atoms with Crippen LogP contribution in [0, 0.1) is 0 Å². The van der Waals surface area contributed by atoms with Crippen LogP contribution < -0.4 is 4.90 Å². The molecule has 0 atom stereocenters. The fraction of sp³-hybridized carbons (Fsp3) is 0.471. The van der Waals surface area contributed by atoms with E-state index in [9.17, 15) is 0 Å². The van der Waals surface area contributed by atoms with Crippen molar-refractivity contribution in [2.75, 3.05) is 18.0 Å². The minimum absolute atomic E-state index is 0.448. The molecular weight excluding hydrogens is 246 g/mol. The van der Waals surface area contributed by atoms with Gasteiger partial charge in [-0.2, -0.15) is 5.10 Å². The molecule has 1 fully saturated rings. The number of anilines is 1. The third kappa shape index (κ3) is 1.55. The first-order chi connectivity index (χ1) is 9.72. The molecule has 1 aliphatic heterocycles. The summed E-state index contributed by atoms with van der Waals surface area (Å²) in [5.74, 6) is 0. The smallest absolute Gasteiger partial charge is 0.0568 e. The molecule has 4 rings (SSSR count). The summed E-state index contributed by atoms with van der Waals surface area (Å²) < 4.78 is 1.88. The van der Waals surface area contributed by atoms with Crippen molar-refractivity contribution in [3.8, 4) is 11.1 Å². The van der Waals surface area contributed by atoms with Gasteiger partial charge in [0.1, 0.15) is 0 Å². The molecular formula is C17H21N3. The number of nitrogens with zero attached hydrogens (tertiary/aromatic N) is 3. The summed E-state index contributed by atoms with van der Waals surface area (Å²) in [6.07, 6.45) is 8.15. The summed E-state index contributed by atoms with van der Waals surface area (Å²) in [6, 6.07) is 6.98. The Bertz CT molecular complexity index is 652. The van der Waals surface area contributed by atoms with E-state index in [-0.39, 0.29) is 0 Å². The summed E-state index contributed by atoms with van der Waals surface area (Å²) in [4.78, 5) is 2.54. The molecule has 3 nitrogen and oxygen atoms in total. The van der Waals surface area contributed by atoms with Gasteiger partial charge in [0.05, 0.1) is 6.20 Å². The molecule has 1 spiro atoms. The van der Waals surface area contributed by atoms with E-state index in [1.807, 2.05) is 17.9 Å². The van der Waals surface area contributed by atoms with Gasteiger partial charge in [0.25, 0.3) is 0 Å². The Morgan fingerprint density at radius 1 is 1.25 bits per heavy atom. The van der Waals surface area contributed by atoms with Crippen molar-refractivity contribution in [2.45, 2.75) is 31.6 Å². The quantitative estimate of drug-likeness (QED) is 0.832. The van der Waals surface area contributed by atoms with Crippen molar-refractivity contribution in [3.63, 3.8) is 0 Å². The zero-order valence-electron chi connectivity index (χ0n) is 12.3. The predicted molar refractivity (Wildman–Crippen MR) is 82.1 cm³/mol. The van der Waals surface area contributed by atoms with E-state index in [4.69, 9.17) is 0 Å². The van der Waals surface area contributed by atoms with Gasteiger partial charge in [-0.1, -0.05) is 12.5 Å². The van der Waals surface area contributed by atoms with Gasteiger partial charge in [-0.25, -0.2) is 0 Å². The second kappa shape index (κ2) is 4.11. The molecule has 3 heteroatoms. The predicted octanol–water partition coefficient (Wildman–Crippen LogP) is 3.35. The Hall–Kier alpha value is -1.77. The summed E-state index contributed by atoms with van der Waals surface area (Å²) in [5, 5.41) is 4.29. The molecule has 0 saturated heterocycles. The van der Waals surface area contributed by atoms with Gasteiger partial charge in [0.15, 0.2) is 0 Å². The molecule has 0 bridgehead atoms. The molecule has 0 unspecified atom stereocenters. The van der Waals surface area contributed by atoms with Crippen LogP contribution in [-0.4, -0.2) is 22.9 Å². The molecule has 0 N–H and O–H groups in total. The molecule has 1 aromatic carbocycles. The minimum atomic E-state index is 0.448. The molecule has 20 heavy (non-hydrogen) atoms. The largest absolute Gasteiger partial charge is 0.371 e. The standard InChI is InChI=1S/C17H21N3/c1-3-20-12-17(7-4-8-17)15-9-13(5-6-16(15)20)14-10-18-19(2)11-14/h5-6,9-11H,3-4,7-8,12H2,1-2H3. The molecule has 0 radical (unpaired) electrons. The summed E-state index contributed by atoms with van der Waals surface area (Å²) >= 11 is 0. The maximum Gasteiger partial charge on any atom is 0.0568 e. The zero-order chi connectivity index (χ0) is 13.7. The van der Waals surface area contributed by atoms with Crippen LogP contribution in [0.2, 0.25) is 0 Å². The molecule has 1 aromatic heterocycles. The maximum absolute atomic E-state index is 4.29. The Morgan fingerprint density at radius 3 is 2.70 bits per heavy atom. The van der Waals surface area contributed by atoms with Crippen LogP contribution in [0.15, 0.2) is 30.6 Å². The molecule has 2 aliphatic rings. The second-order valence-electron chi connectivity index (χ2n) is 6.28. The Labute approximate surface area is 120 Å². The van der Waals surface area contributed by atoms with Crippen LogP contribution in [0.3, 0.4) is 0 Å². The molecule has 1 aliphatic carbocycles. The number of aryl methyl sites for hydroxylation is 1. The monoisotopic (exact) mass is 267 g/mol. The lowest BCUT2D eigenvalue weighted by molar-refractivity contribution is 0.264. The molecule has 104 valence electrons. The Morgan fingerprint density at radius 2 is 2.10 bits per heavy atom. The van der Waals surface area contributed by atoms with Crippen LogP contribution in [0.4, 0.5) is 5.69 Å². The lowest BCUT2D eigenvalue weighted by Crippen LogP contribution is -2.39. The molecule has 2 heterocycles. The van der Waals surface area contributed by atoms with Gasteiger partial charge in [0, 0.05) is 43.0 Å². The number of hydrogen-bond donors (Lipinski definition) is 0. The van der Waals surface area contributed by atoms with Gasteiger partial charge in [-0.3, -0.25) is 4.68 Å². The number of likely N-dealkylation sites (N-methyl/N-ethyl adjacent to an activating group) is 1. The van der Waals surface area contributed by atoms with Crippen molar-refractivity contribution < 1.29 is 0 Å². The van der Waals surface area contributed by atoms with E-state index >= 15 is 0 Å². The average Bonchev–Trinajstić information content (AvgIpc) is 2.98. The number of fused-ring (bicyclic) bond motifs is 2. The lowest BCUT2D eigenvalue weighted by atomic mass is 9.65. The van der Waals surface area contributed by atoms with E-state index in [0.29, 0.717) is 5.41 Å². The highest BCUT2D eigenvalue weighted by molar-refractivity contribution is 5.72.